The molecule has 0 unspecified atom stereocenters. The molecule has 0 atom stereocenters. The van der Waals surface area contributed by atoms with Gasteiger partial charge in [-0.2, -0.15) is 0 Å². The molecule has 1 aromatic carbocycles. The van der Waals surface area contributed by atoms with E-state index in [0.717, 1.165) is 5.56 Å². The first-order valence-corrected chi connectivity index (χ1v) is 6.44. The third kappa shape index (κ3) is 3.86. The lowest BCUT2D eigenvalue weighted by atomic mass is 10.2. The van der Waals surface area contributed by atoms with Crippen molar-refractivity contribution in [3.8, 4) is 0 Å². The lowest BCUT2D eigenvalue weighted by Crippen LogP contribution is -2.28. The summed E-state index contributed by atoms with van der Waals surface area (Å²) in [6.45, 7) is 0.322. The number of hydrogen-bond donors (Lipinski definition) is 3. The van der Waals surface area contributed by atoms with Crippen molar-refractivity contribution in [2.45, 2.75) is 6.54 Å². The third-order valence-corrected chi connectivity index (χ3v) is 2.89. The predicted octanol–water partition coefficient (Wildman–Crippen LogP) is 3.06. The van der Waals surface area contributed by atoms with Gasteiger partial charge in [0.05, 0.1) is 18.1 Å². The number of anilines is 1. The van der Waals surface area contributed by atoms with Crippen LogP contribution in [0.25, 0.3) is 0 Å². The van der Waals surface area contributed by atoms with E-state index >= 15 is 0 Å². The molecule has 0 bridgehead atoms. The van der Waals surface area contributed by atoms with Crippen LogP contribution in [0.4, 0.5) is 10.5 Å². The average molecular weight is 339 g/mol. The molecule has 3 N–H and O–H groups in total. The maximum atomic E-state index is 11.7. The van der Waals surface area contributed by atoms with E-state index in [2.05, 4.69) is 26.6 Å². The molecule has 0 aliphatic heterocycles. The monoisotopic (exact) mass is 338 g/mol. The first kappa shape index (κ1) is 14.1. The number of hydrogen-bond acceptors (Lipinski definition) is 3. The summed E-state index contributed by atoms with van der Waals surface area (Å²) in [5, 5.41) is 14.1. The number of halogens is 1. The fourth-order valence-electron chi connectivity index (χ4n) is 1.54. The van der Waals surface area contributed by atoms with Gasteiger partial charge < -0.3 is 20.2 Å². The van der Waals surface area contributed by atoms with Crippen molar-refractivity contribution in [1.82, 2.24) is 5.32 Å². The number of rotatable bonds is 4. The first-order chi connectivity index (χ1) is 9.54. The van der Waals surface area contributed by atoms with Crippen LogP contribution >= 0.6 is 15.9 Å². The molecule has 1 aromatic heterocycles. The molecule has 7 heteroatoms. The molecule has 0 saturated heterocycles. The van der Waals surface area contributed by atoms with E-state index in [9.17, 15) is 9.59 Å². The van der Waals surface area contributed by atoms with E-state index in [4.69, 9.17) is 9.52 Å². The Morgan fingerprint density at radius 3 is 2.75 bits per heavy atom. The minimum Gasteiger partial charge on any atom is -0.478 e. The molecule has 2 rings (SSSR count). The number of carbonyl (C=O) groups excluding carboxylic acids is 1. The van der Waals surface area contributed by atoms with Crippen LogP contribution in [0.1, 0.15) is 15.9 Å². The van der Waals surface area contributed by atoms with Crippen molar-refractivity contribution >= 4 is 33.6 Å². The SMILES string of the molecule is O=C(NCc1ccoc1)Nc1cc(Br)cc(C(=O)O)c1. The highest BCUT2D eigenvalue weighted by molar-refractivity contribution is 9.10. The van der Waals surface area contributed by atoms with E-state index in [0.29, 0.717) is 16.7 Å². The molecule has 0 aliphatic carbocycles. The quantitative estimate of drug-likeness (QED) is 0.798. The average Bonchev–Trinajstić information content (AvgIpc) is 2.88. The number of carboxylic acid groups (broad SMARTS) is 1. The number of nitrogens with one attached hydrogen (secondary N) is 2. The molecule has 0 fully saturated rings. The normalized spacial score (nSPS) is 10.1. The van der Waals surface area contributed by atoms with Crippen molar-refractivity contribution in [1.29, 1.82) is 0 Å². The topological polar surface area (TPSA) is 91.6 Å². The summed E-state index contributed by atoms with van der Waals surface area (Å²) in [7, 11) is 0. The van der Waals surface area contributed by atoms with Crippen molar-refractivity contribution < 1.29 is 19.1 Å². The van der Waals surface area contributed by atoms with Gasteiger partial charge in [-0.3, -0.25) is 0 Å². The van der Waals surface area contributed by atoms with Crippen molar-refractivity contribution in [3.63, 3.8) is 0 Å². The molecule has 6 nitrogen and oxygen atoms in total. The Morgan fingerprint density at radius 2 is 2.10 bits per heavy atom. The van der Waals surface area contributed by atoms with Crippen LogP contribution in [0.3, 0.4) is 0 Å². The largest absolute Gasteiger partial charge is 0.478 e. The van der Waals surface area contributed by atoms with Gasteiger partial charge in [0.1, 0.15) is 0 Å². The predicted molar refractivity (Wildman–Crippen MR) is 75.7 cm³/mol. The Kier molecular flexibility index (Phi) is 4.41. The smallest absolute Gasteiger partial charge is 0.335 e. The van der Waals surface area contributed by atoms with Gasteiger partial charge in [-0.25, -0.2) is 9.59 Å². The van der Waals surface area contributed by atoms with Crippen LogP contribution in [0.2, 0.25) is 0 Å². The van der Waals surface area contributed by atoms with Crippen molar-refractivity contribution in [2.75, 3.05) is 5.32 Å². The van der Waals surface area contributed by atoms with Gasteiger partial charge in [0, 0.05) is 22.3 Å². The Labute approximate surface area is 122 Å². The zero-order chi connectivity index (χ0) is 14.5. The summed E-state index contributed by atoms with van der Waals surface area (Å²) in [6.07, 6.45) is 3.05. The maximum Gasteiger partial charge on any atom is 0.335 e. The number of carboxylic acids is 1. The summed E-state index contributed by atoms with van der Waals surface area (Å²) in [5.74, 6) is -1.06. The van der Waals surface area contributed by atoms with Gasteiger partial charge >= 0.3 is 12.0 Å². The third-order valence-electron chi connectivity index (χ3n) is 2.44. The highest BCUT2D eigenvalue weighted by Crippen LogP contribution is 2.19. The van der Waals surface area contributed by atoms with Crippen LogP contribution < -0.4 is 10.6 Å². The van der Waals surface area contributed by atoms with Crippen LogP contribution in [0.15, 0.2) is 45.7 Å². The molecular formula is C13H11BrN2O4. The Balaban J connectivity index is 1.98. The molecular weight excluding hydrogens is 328 g/mol. The molecule has 2 aromatic rings. The minimum absolute atomic E-state index is 0.0875. The van der Waals surface area contributed by atoms with Gasteiger partial charge in [0.15, 0.2) is 0 Å². The fraction of sp³-hybridized carbons (Fsp3) is 0.0769. The van der Waals surface area contributed by atoms with Gasteiger partial charge in [-0.15, -0.1) is 0 Å². The van der Waals surface area contributed by atoms with Crippen LogP contribution in [-0.2, 0) is 6.54 Å². The van der Waals surface area contributed by atoms with E-state index in [1.807, 2.05) is 0 Å². The molecule has 0 aliphatic rings. The van der Waals surface area contributed by atoms with Crippen LogP contribution in [-0.4, -0.2) is 17.1 Å². The maximum absolute atomic E-state index is 11.7. The van der Waals surface area contributed by atoms with Crippen molar-refractivity contribution in [2.24, 2.45) is 0 Å². The van der Waals surface area contributed by atoms with Crippen LogP contribution in [0, 0.1) is 0 Å². The van der Waals surface area contributed by atoms with E-state index in [1.54, 1.807) is 12.1 Å². The second-order valence-electron chi connectivity index (χ2n) is 3.97. The first-order valence-electron chi connectivity index (χ1n) is 5.64. The number of furan rings is 1. The van der Waals surface area contributed by atoms with E-state index in [1.165, 1.54) is 24.7 Å². The van der Waals surface area contributed by atoms with Gasteiger partial charge in [0.2, 0.25) is 0 Å². The highest BCUT2D eigenvalue weighted by atomic mass is 79.9. The zero-order valence-electron chi connectivity index (χ0n) is 10.2. The highest BCUT2D eigenvalue weighted by Gasteiger charge is 2.08. The fourth-order valence-corrected chi connectivity index (χ4v) is 2.03. The molecule has 104 valence electrons. The van der Waals surface area contributed by atoms with E-state index in [-0.39, 0.29) is 5.56 Å². The van der Waals surface area contributed by atoms with Gasteiger partial charge in [-0.05, 0) is 24.3 Å². The Hall–Kier alpha value is -2.28. The van der Waals surface area contributed by atoms with Crippen LogP contribution in [0.5, 0.6) is 0 Å². The van der Waals surface area contributed by atoms with Gasteiger partial charge in [0.25, 0.3) is 0 Å². The summed E-state index contributed by atoms with van der Waals surface area (Å²) < 4.78 is 5.45. The van der Waals surface area contributed by atoms with E-state index < -0.39 is 12.0 Å². The lowest BCUT2D eigenvalue weighted by Gasteiger charge is -2.08. The molecule has 2 amide bonds. The van der Waals surface area contributed by atoms with Gasteiger partial charge in [-0.1, -0.05) is 15.9 Å². The number of aromatic carboxylic acids is 1. The lowest BCUT2D eigenvalue weighted by molar-refractivity contribution is 0.0697. The second-order valence-corrected chi connectivity index (χ2v) is 4.89. The summed E-state index contributed by atoms with van der Waals surface area (Å²) in [4.78, 5) is 22.6. The zero-order valence-corrected chi connectivity index (χ0v) is 11.8. The Bertz CT molecular complexity index is 625. The molecule has 20 heavy (non-hydrogen) atoms. The molecule has 0 radical (unpaired) electrons. The molecule has 1 heterocycles. The molecule has 0 spiro atoms. The number of benzene rings is 1. The minimum atomic E-state index is -1.06. The summed E-state index contributed by atoms with van der Waals surface area (Å²) in [6, 6.07) is 5.76. The van der Waals surface area contributed by atoms with Crippen molar-refractivity contribution in [3.05, 3.63) is 52.4 Å². The number of urea groups is 1. The number of carbonyl (C=O) groups is 2. The standard InChI is InChI=1S/C13H11BrN2O4/c14-10-3-9(12(17)18)4-11(5-10)16-13(19)15-6-8-1-2-20-7-8/h1-5,7H,6H2,(H,17,18)(H2,15,16,19). The second kappa shape index (κ2) is 6.25. The summed E-state index contributed by atoms with van der Waals surface area (Å²) in [5.41, 5.74) is 1.31. The number of amides is 2. The molecule has 0 saturated carbocycles. The summed E-state index contributed by atoms with van der Waals surface area (Å²) >= 11 is 3.19. The Morgan fingerprint density at radius 1 is 1.30 bits per heavy atom.